The minimum atomic E-state index is -3.71. The van der Waals surface area contributed by atoms with Crippen molar-refractivity contribution in [3.63, 3.8) is 0 Å². The van der Waals surface area contributed by atoms with Crippen molar-refractivity contribution in [1.29, 1.82) is 0 Å². The molecule has 1 amide bonds. The van der Waals surface area contributed by atoms with E-state index in [2.05, 4.69) is 16.3 Å². The van der Waals surface area contributed by atoms with E-state index in [0.717, 1.165) is 6.54 Å². The van der Waals surface area contributed by atoms with Crippen LogP contribution in [-0.4, -0.2) is 32.8 Å². The molecule has 0 saturated heterocycles. The summed E-state index contributed by atoms with van der Waals surface area (Å²) in [5.41, 5.74) is 0.545. The summed E-state index contributed by atoms with van der Waals surface area (Å²) in [6.45, 7) is 1.45. The molecule has 0 bridgehead atoms. The minimum Gasteiger partial charge on any atom is -0.326 e. The quantitative estimate of drug-likeness (QED) is 0.794. The van der Waals surface area contributed by atoms with Gasteiger partial charge in [-0.2, -0.15) is 0 Å². The van der Waals surface area contributed by atoms with E-state index in [9.17, 15) is 13.2 Å². The Bertz CT molecular complexity index is 741. The summed E-state index contributed by atoms with van der Waals surface area (Å²) in [5, 5.41) is 9.79. The number of nitrogens with two attached hydrogens (primary N) is 1. The number of nitrogens with one attached hydrogen (secondary N) is 1. The molecule has 0 aliphatic heterocycles. The second-order valence-corrected chi connectivity index (χ2v) is 7.78. The fraction of sp³-hybridized carbons (Fsp3) is 0.267. The Morgan fingerprint density at radius 2 is 1.96 bits per heavy atom. The molecule has 1 aromatic carbocycles. The Kier molecular flexibility index (Phi) is 5.89. The molecule has 0 unspecified atom stereocenters. The molecular formula is C15H19N3O3S2. The van der Waals surface area contributed by atoms with Gasteiger partial charge in [-0.25, -0.2) is 13.6 Å². The van der Waals surface area contributed by atoms with Crippen LogP contribution in [0.5, 0.6) is 0 Å². The average Bonchev–Trinajstić information content (AvgIpc) is 2.98. The van der Waals surface area contributed by atoms with Gasteiger partial charge in [0, 0.05) is 30.1 Å². The SMILES string of the molecule is CN(CCC(=O)Nc1ccc(S(N)(=O)=O)cc1)Cc1cccs1. The monoisotopic (exact) mass is 353 g/mol. The highest BCUT2D eigenvalue weighted by Crippen LogP contribution is 2.13. The molecule has 23 heavy (non-hydrogen) atoms. The van der Waals surface area contributed by atoms with Gasteiger partial charge in [0.25, 0.3) is 0 Å². The van der Waals surface area contributed by atoms with Gasteiger partial charge < -0.3 is 10.2 Å². The van der Waals surface area contributed by atoms with Crippen LogP contribution in [0.3, 0.4) is 0 Å². The summed E-state index contributed by atoms with van der Waals surface area (Å²) in [6.07, 6.45) is 0.360. The number of nitrogens with zero attached hydrogens (tertiary/aromatic N) is 1. The number of primary sulfonamides is 1. The van der Waals surface area contributed by atoms with E-state index in [4.69, 9.17) is 5.14 Å². The van der Waals surface area contributed by atoms with Crippen molar-refractivity contribution >= 4 is 33.0 Å². The molecule has 2 aromatic rings. The predicted molar refractivity (Wildman–Crippen MR) is 91.7 cm³/mol. The number of hydrogen-bond acceptors (Lipinski definition) is 5. The lowest BCUT2D eigenvalue weighted by molar-refractivity contribution is -0.116. The summed E-state index contributed by atoms with van der Waals surface area (Å²) in [7, 11) is -1.75. The van der Waals surface area contributed by atoms with E-state index in [1.807, 2.05) is 18.5 Å². The van der Waals surface area contributed by atoms with Crippen molar-refractivity contribution in [3.05, 3.63) is 46.7 Å². The highest BCUT2D eigenvalue weighted by atomic mass is 32.2. The normalized spacial score (nSPS) is 11.6. The zero-order valence-corrected chi connectivity index (χ0v) is 14.4. The van der Waals surface area contributed by atoms with Gasteiger partial charge in [-0.15, -0.1) is 11.3 Å². The van der Waals surface area contributed by atoms with Crippen LogP contribution in [0.4, 0.5) is 5.69 Å². The lowest BCUT2D eigenvalue weighted by Gasteiger charge is -2.15. The van der Waals surface area contributed by atoms with Crippen molar-refractivity contribution < 1.29 is 13.2 Å². The topological polar surface area (TPSA) is 92.5 Å². The second-order valence-electron chi connectivity index (χ2n) is 5.18. The van der Waals surface area contributed by atoms with Crippen molar-refractivity contribution in [2.24, 2.45) is 5.14 Å². The molecule has 0 radical (unpaired) electrons. The molecule has 1 aromatic heterocycles. The first-order valence-corrected chi connectivity index (χ1v) is 9.41. The Balaban J connectivity index is 1.80. The summed E-state index contributed by atoms with van der Waals surface area (Å²) < 4.78 is 22.3. The number of anilines is 1. The van der Waals surface area contributed by atoms with E-state index in [1.165, 1.54) is 29.1 Å². The molecule has 6 nitrogen and oxygen atoms in total. The van der Waals surface area contributed by atoms with Crippen LogP contribution < -0.4 is 10.5 Å². The number of carbonyl (C=O) groups excluding carboxylic acids is 1. The Morgan fingerprint density at radius 3 is 2.52 bits per heavy atom. The van der Waals surface area contributed by atoms with Gasteiger partial charge in [-0.1, -0.05) is 6.07 Å². The minimum absolute atomic E-state index is 0.0196. The van der Waals surface area contributed by atoms with Gasteiger partial charge in [0.2, 0.25) is 15.9 Å². The first-order chi connectivity index (χ1) is 10.8. The van der Waals surface area contributed by atoms with Gasteiger partial charge in [0.15, 0.2) is 0 Å². The number of hydrogen-bond donors (Lipinski definition) is 2. The smallest absolute Gasteiger partial charge is 0.238 e. The molecule has 3 N–H and O–H groups in total. The lowest BCUT2D eigenvalue weighted by atomic mass is 10.3. The summed E-state index contributed by atoms with van der Waals surface area (Å²) in [6, 6.07) is 9.85. The second kappa shape index (κ2) is 7.69. The van der Waals surface area contributed by atoms with Crippen molar-refractivity contribution in [1.82, 2.24) is 4.90 Å². The fourth-order valence-corrected chi connectivity index (χ4v) is 3.29. The molecular weight excluding hydrogens is 334 g/mol. The number of carbonyl (C=O) groups is 1. The van der Waals surface area contributed by atoms with E-state index in [0.29, 0.717) is 18.7 Å². The van der Waals surface area contributed by atoms with Crippen LogP contribution in [0, 0.1) is 0 Å². The highest BCUT2D eigenvalue weighted by Gasteiger charge is 2.09. The third-order valence-corrected chi connectivity index (χ3v) is 4.98. The first-order valence-electron chi connectivity index (χ1n) is 6.98. The highest BCUT2D eigenvalue weighted by molar-refractivity contribution is 7.89. The predicted octanol–water partition coefficient (Wildman–Crippen LogP) is 1.86. The maximum atomic E-state index is 11.9. The zero-order valence-electron chi connectivity index (χ0n) is 12.7. The van der Waals surface area contributed by atoms with Gasteiger partial charge >= 0.3 is 0 Å². The maximum absolute atomic E-state index is 11.9. The molecule has 0 aliphatic rings. The molecule has 1 heterocycles. The third kappa shape index (κ3) is 5.76. The van der Waals surface area contributed by atoms with E-state index in [-0.39, 0.29) is 10.8 Å². The average molecular weight is 353 g/mol. The standard InChI is InChI=1S/C15H19N3O3S2/c1-18(11-13-3-2-10-22-13)9-8-15(19)17-12-4-6-14(7-5-12)23(16,20)21/h2-7,10H,8-9,11H2,1H3,(H,17,19)(H2,16,20,21). The van der Waals surface area contributed by atoms with E-state index in [1.54, 1.807) is 11.3 Å². The molecule has 0 saturated carbocycles. The molecule has 8 heteroatoms. The number of benzene rings is 1. The van der Waals surface area contributed by atoms with Crippen molar-refractivity contribution in [2.75, 3.05) is 18.9 Å². The molecule has 2 rings (SSSR count). The van der Waals surface area contributed by atoms with Gasteiger partial charge in [0.1, 0.15) is 0 Å². The Morgan fingerprint density at radius 1 is 1.26 bits per heavy atom. The number of rotatable bonds is 7. The zero-order chi connectivity index (χ0) is 16.9. The van der Waals surface area contributed by atoms with Crippen LogP contribution >= 0.6 is 11.3 Å². The Labute approximate surface area is 140 Å². The van der Waals surface area contributed by atoms with Gasteiger partial charge in [-0.3, -0.25) is 4.79 Å². The lowest BCUT2D eigenvalue weighted by Crippen LogP contribution is -2.23. The van der Waals surface area contributed by atoms with Crippen molar-refractivity contribution in [3.8, 4) is 0 Å². The first kappa shape index (κ1) is 17.6. The van der Waals surface area contributed by atoms with Crippen LogP contribution in [-0.2, 0) is 21.4 Å². The Hall–Kier alpha value is -1.74. The summed E-state index contributed by atoms with van der Waals surface area (Å²) in [4.78, 5) is 15.3. The van der Waals surface area contributed by atoms with Crippen LogP contribution in [0.2, 0.25) is 0 Å². The molecule has 0 spiro atoms. The maximum Gasteiger partial charge on any atom is 0.238 e. The third-order valence-electron chi connectivity index (χ3n) is 3.19. The van der Waals surface area contributed by atoms with Gasteiger partial charge in [-0.05, 0) is 42.8 Å². The molecule has 0 atom stereocenters. The van der Waals surface area contributed by atoms with Crippen molar-refractivity contribution in [2.45, 2.75) is 17.9 Å². The molecule has 0 aliphatic carbocycles. The molecule has 124 valence electrons. The number of sulfonamides is 1. The van der Waals surface area contributed by atoms with Crippen LogP contribution in [0.15, 0.2) is 46.7 Å². The fourth-order valence-electron chi connectivity index (χ4n) is 1.99. The van der Waals surface area contributed by atoms with Gasteiger partial charge in [0.05, 0.1) is 4.90 Å². The summed E-state index contributed by atoms with van der Waals surface area (Å²) >= 11 is 1.69. The summed E-state index contributed by atoms with van der Waals surface area (Å²) in [5.74, 6) is -0.119. The van der Waals surface area contributed by atoms with E-state index < -0.39 is 10.0 Å². The van der Waals surface area contributed by atoms with E-state index >= 15 is 0 Å². The van der Waals surface area contributed by atoms with Crippen LogP contribution in [0.1, 0.15) is 11.3 Å². The number of amides is 1. The molecule has 0 fully saturated rings. The van der Waals surface area contributed by atoms with Crippen LogP contribution in [0.25, 0.3) is 0 Å². The number of thiophene rings is 1. The largest absolute Gasteiger partial charge is 0.326 e.